The fourth-order valence-corrected chi connectivity index (χ4v) is 6.85. The van der Waals surface area contributed by atoms with Crippen LogP contribution in [0.1, 0.15) is 45.7 Å². The van der Waals surface area contributed by atoms with Crippen LogP contribution in [0.25, 0.3) is 0 Å². The van der Waals surface area contributed by atoms with E-state index in [4.69, 9.17) is 5.73 Å². The molecule has 0 saturated heterocycles. The first-order valence-corrected chi connectivity index (χ1v) is 17.2. The lowest BCUT2D eigenvalue weighted by Gasteiger charge is -2.34. The second-order valence-electron chi connectivity index (χ2n) is 13.4. The number of halogens is 2. The second kappa shape index (κ2) is 17.0. The summed E-state index contributed by atoms with van der Waals surface area (Å²) in [5, 5.41) is 20.0. The zero-order valence-electron chi connectivity index (χ0n) is 28.0. The highest BCUT2D eigenvalue weighted by Crippen LogP contribution is 2.23. The van der Waals surface area contributed by atoms with Gasteiger partial charge in [0, 0.05) is 31.4 Å². The van der Waals surface area contributed by atoms with Crippen LogP contribution < -0.4 is 21.7 Å². The molecule has 3 rings (SSSR count). The van der Waals surface area contributed by atoms with E-state index < -0.39 is 57.1 Å². The van der Waals surface area contributed by atoms with Crippen LogP contribution in [0.15, 0.2) is 77.7 Å². The van der Waals surface area contributed by atoms with E-state index in [9.17, 15) is 31.9 Å². The summed E-state index contributed by atoms with van der Waals surface area (Å²) in [5.41, 5.74) is 6.49. The molecular weight excluding hydrogens is 640 g/mol. The topological polar surface area (TPSA) is 154 Å². The number of nitrogens with zero attached hydrogens (tertiary/aromatic N) is 1. The van der Waals surface area contributed by atoms with E-state index in [1.54, 1.807) is 32.9 Å². The molecule has 0 aliphatic heterocycles. The molecule has 2 amide bonds. The minimum atomic E-state index is -4.06. The number of carbonyl (C=O) groups excluding carboxylic acids is 2. The van der Waals surface area contributed by atoms with Crippen LogP contribution in [0.4, 0.5) is 14.5 Å². The minimum Gasteiger partial charge on any atom is -0.399 e. The summed E-state index contributed by atoms with van der Waals surface area (Å²) in [7, 11) is -4.06. The highest BCUT2D eigenvalue weighted by molar-refractivity contribution is 7.89. The van der Waals surface area contributed by atoms with Crippen LogP contribution in [-0.2, 0) is 32.6 Å². The van der Waals surface area contributed by atoms with Crippen molar-refractivity contribution >= 4 is 27.5 Å². The molecule has 262 valence electrons. The van der Waals surface area contributed by atoms with Gasteiger partial charge < -0.3 is 26.8 Å². The Morgan fingerprint density at radius 2 is 1.54 bits per heavy atom. The maximum absolute atomic E-state index is 13.8. The maximum atomic E-state index is 13.8. The molecule has 10 nitrogen and oxygen atoms in total. The van der Waals surface area contributed by atoms with Crippen molar-refractivity contribution in [3.63, 3.8) is 0 Å². The van der Waals surface area contributed by atoms with Crippen LogP contribution in [0, 0.1) is 23.0 Å². The molecule has 48 heavy (non-hydrogen) atoms. The Morgan fingerprint density at radius 1 is 0.896 bits per heavy atom. The van der Waals surface area contributed by atoms with Gasteiger partial charge in [-0.05, 0) is 59.2 Å². The molecule has 0 fully saturated rings. The van der Waals surface area contributed by atoms with Gasteiger partial charge in [0.1, 0.15) is 17.7 Å². The van der Waals surface area contributed by atoms with Crippen molar-refractivity contribution in [2.24, 2.45) is 11.3 Å². The van der Waals surface area contributed by atoms with Crippen molar-refractivity contribution in [3.05, 3.63) is 95.6 Å². The van der Waals surface area contributed by atoms with Crippen LogP contribution in [0.3, 0.4) is 0 Å². The molecule has 0 radical (unpaired) electrons. The second-order valence-corrected chi connectivity index (χ2v) is 15.3. The third-order valence-electron chi connectivity index (χ3n) is 7.52. The van der Waals surface area contributed by atoms with Crippen molar-refractivity contribution in [3.8, 4) is 0 Å². The third kappa shape index (κ3) is 11.7. The van der Waals surface area contributed by atoms with Gasteiger partial charge >= 0.3 is 0 Å². The summed E-state index contributed by atoms with van der Waals surface area (Å²) < 4.78 is 55.7. The monoisotopic (exact) mass is 687 g/mol. The van der Waals surface area contributed by atoms with Crippen molar-refractivity contribution in [2.75, 3.05) is 25.4 Å². The summed E-state index contributed by atoms with van der Waals surface area (Å²) >= 11 is 0. The van der Waals surface area contributed by atoms with Crippen LogP contribution >= 0.6 is 0 Å². The molecule has 0 saturated carbocycles. The van der Waals surface area contributed by atoms with Gasteiger partial charge in [-0.3, -0.25) is 9.59 Å². The third-order valence-corrected chi connectivity index (χ3v) is 9.34. The standard InChI is InChI=1S/C35H47F2N5O5S/c1-23(2)21-42(48(46,47)29-13-9-12-28(38)18-29)22-31(43)30(16-24-10-7-6-8-11-24)40-34(45)33(35(3,4)5)41-32(44)20-39-19-25-14-26(36)17-27(37)15-25/h6-15,17-18,23,30-31,33,39,43H,16,19-22,38H2,1-5H3,(H,40,45)(H,41,44). The van der Waals surface area contributed by atoms with Gasteiger partial charge in [0.2, 0.25) is 21.8 Å². The normalized spacial score (nSPS) is 14.0. The molecule has 0 aliphatic rings. The van der Waals surface area contributed by atoms with E-state index in [2.05, 4.69) is 16.0 Å². The molecule has 3 atom stereocenters. The quantitative estimate of drug-likeness (QED) is 0.144. The molecule has 13 heteroatoms. The number of sulfonamides is 1. The number of rotatable bonds is 16. The minimum absolute atomic E-state index is 0.00866. The van der Waals surface area contributed by atoms with Gasteiger partial charge in [-0.15, -0.1) is 0 Å². The molecule has 3 aromatic rings. The largest absolute Gasteiger partial charge is 0.399 e. The van der Waals surface area contributed by atoms with Gasteiger partial charge in [-0.25, -0.2) is 17.2 Å². The highest BCUT2D eigenvalue weighted by atomic mass is 32.2. The highest BCUT2D eigenvalue weighted by Gasteiger charge is 2.36. The fourth-order valence-electron chi connectivity index (χ4n) is 5.18. The molecule has 3 aromatic carbocycles. The number of nitrogen functional groups attached to an aromatic ring is 1. The van der Waals surface area contributed by atoms with Gasteiger partial charge in [0.15, 0.2) is 0 Å². The van der Waals surface area contributed by atoms with E-state index in [0.717, 1.165) is 23.8 Å². The lowest BCUT2D eigenvalue weighted by atomic mass is 9.85. The predicted octanol–water partition coefficient (Wildman–Crippen LogP) is 3.60. The number of carbonyl (C=O) groups is 2. The maximum Gasteiger partial charge on any atom is 0.243 e. The zero-order chi connectivity index (χ0) is 35.6. The molecule has 6 N–H and O–H groups in total. The van der Waals surface area contributed by atoms with E-state index >= 15 is 0 Å². The number of aliphatic hydroxyl groups excluding tert-OH is 1. The summed E-state index contributed by atoms with van der Waals surface area (Å²) in [6, 6.07) is 16.1. The zero-order valence-corrected chi connectivity index (χ0v) is 28.9. The molecular formula is C35H47F2N5O5S. The van der Waals surface area contributed by atoms with Crippen LogP contribution in [0.5, 0.6) is 0 Å². The fraction of sp³-hybridized carbons (Fsp3) is 0.429. The summed E-state index contributed by atoms with van der Waals surface area (Å²) in [6.07, 6.45) is -1.16. The predicted molar refractivity (Wildman–Crippen MR) is 182 cm³/mol. The van der Waals surface area contributed by atoms with Gasteiger partial charge in [-0.2, -0.15) is 4.31 Å². The van der Waals surface area contributed by atoms with Crippen molar-refractivity contribution in [1.82, 2.24) is 20.3 Å². The smallest absolute Gasteiger partial charge is 0.243 e. The first-order chi connectivity index (χ1) is 22.4. The molecule has 3 unspecified atom stereocenters. The molecule has 0 bridgehead atoms. The summed E-state index contributed by atoms with van der Waals surface area (Å²) in [6.45, 7) is 8.60. The van der Waals surface area contributed by atoms with Crippen LogP contribution in [-0.4, -0.2) is 67.5 Å². The van der Waals surface area contributed by atoms with E-state index in [1.165, 1.54) is 16.4 Å². The van der Waals surface area contributed by atoms with Crippen molar-refractivity contribution < 1.29 is 31.9 Å². The number of aliphatic hydroxyl groups is 1. The van der Waals surface area contributed by atoms with E-state index in [0.29, 0.717) is 5.56 Å². The molecule has 0 spiro atoms. The van der Waals surface area contributed by atoms with Crippen LogP contribution in [0.2, 0.25) is 0 Å². The summed E-state index contributed by atoms with van der Waals surface area (Å²) in [5.74, 6) is -2.65. The Labute approximate surface area is 282 Å². The molecule has 0 aromatic heterocycles. The molecule has 0 heterocycles. The number of nitrogens with two attached hydrogens (primary N) is 1. The average molecular weight is 688 g/mol. The number of anilines is 1. The lowest BCUT2D eigenvalue weighted by molar-refractivity contribution is -0.132. The number of hydrogen-bond donors (Lipinski definition) is 5. The van der Waals surface area contributed by atoms with E-state index in [1.807, 2.05) is 44.2 Å². The number of hydrogen-bond acceptors (Lipinski definition) is 7. The van der Waals surface area contributed by atoms with Gasteiger partial charge in [-0.1, -0.05) is 71.0 Å². The Balaban J connectivity index is 1.81. The average Bonchev–Trinajstić information content (AvgIpc) is 2.98. The number of nitrogens with one attached hydrogen (secondary N) is 3. The Morgan fingerprint density at radius 3 is 2.12 bits per heavy atom. The summed E-state index contributed by atoms with van der Waals surface area (Å²) in [4.78, 5) is 26.7. The first-order valence-electron chi connectivity index (χ1n) is 15.8. The van der Waals surface area contributed by atoms with Gasteiger partial charge in [0.05, 0.1) is 23.6 Å². The van der Waals surface area contributed by atoms with E-state index in [-0.39, 0.29) is 49.1 Å². The molecule has 0 aliphatic carbocycles. The number of amides is 2. The Kier molecular flexibility index (Phi) is 13.6. The first kappa shape index (κ1) is 38.5. The number of benzene rings is 3. The van der Waals surface area contributed by atoms with Gasteiger partial charge in [0.25, 0.3) is 0 Å². The van der Waals surface area contributed by atoms with Crippen molar-refractivity contribution in [1.29, 1.82) is 0 Å². The Bertz CT molecular complexity index is 1610. The Hall–Kier alpha value is -3.91. The van der Waals surface area contributed by atoms with Crippen molar-refractivity contribution in [2.45, 2.75) is 70.7 Å². The lowest BCUT2D eigenvalue weighted by Crippen LogP contribution is -2.59. The SMILES string of the molecule is CC(C)CN(CC(O)C(Cc1ccccc1)NC(=O)C(NC(=O)CNCc1cc(F)cc(F)c1)C(C)(C)C)S(=O)(=O)c1cccc(N)c1.